The van der Waals surface area contributed by atoms with Gasteiger partial charge in [-0.3, -0.25) is 10.5 Å². The van der Waals surface area contributed by atoms with E-state index in [1.54, 1.807) is 11.6 Å². The zero-order chi connectivity index (χ0) is 15.4. The second-order valence-electron chi connectivity index (χ2n) is 5.21. The molecule has 1 heterocycles. The molecule has 118 valence electrons. The highest BCUT2D eigenvalue weighted by Crippen LogP contribution is 2.18. The molecule has 1 unspecified atom stereocenters. The lowest BCUT2D eigenvalue weighted by molar-refractivity contribution is -0.740. The third-order valence-corrected chi connectivity index (χ3v) is 3.53. The molecule has 0 aliphatic rings. The van der Waals surface area contributed by atoms with Crippen molar-refractivity contribution in [2.24, 2.45) is 5.92 Å². The van der Waals surface area contributed by atoms with Gasteiger partial charge in [-0.1, -0.05) is 42.4 Å². The molecule has 22 heavy (non-hydrogen) atoms. The Labute approximate surface area is 140 Å². The molecule has 1 aromatic carbocycles. The van der Waals surface area contributed by atoms with E-state index in [2.05, 4.69) is 5.10 Å². The summed E-state index contributed by atoms with van der Waals surface area (Å²) in [6.45, 7) is 4.11. The Hall–Kier alpha value is -1.95. The number of nitrogen functional groups attached to an aromatic ring is 1. The second kappa shape index (κ2) is 7.89. The van der Waals surface area contributed by atoms with Crippen LogP contribution in [0.25, 0.3) is 11.3 Å². The molecule has 0 saturated heterocycles. The van der Waals surface area contributed by atoms with Crippen LogP contribution in [0.1, 0.15) is 18.9 Å². The van der Waals surface area contributed by atoms with Gasteiger partial charge in [0.15, 0.2) is 0 Å². The molecule has 1 atom stereocenters. The molecule has 0 aliphatic heterocycles. The van der Waals surface area contributed by atoms with Crippen LogP contribution in [0.5, 0.6) is 0 Å². The number of carboxylic acids is 1. The lowest BCUT2D eigenvalue weighted by atomic mass is 10.1. The summed E-state index contributed by atoms with van der Waals surface area (Å²) in [4.78, 5) is 10.9. The summed E-state index contributed by atoms with van der Waals surface area (Å²) in [7, 11) is 0. The standard InChI is InChI=1S/C16H19N3O2.BrH/c1-11(16(20)21)8-9-19-15(17)12(2)10-14(18-19)13-6-4-3-5-7-13;/h3-7,10-11,17H,8-9H2,1-2H3,(H,20,21);1H. The molecule has 0 fully saturated rings. The molecule has 6 heteroatoms. The molecule has 5 nitrogen and oxygen atoms in total. The molecule has 0 saturated carbocycles. The van der Waals surface area contributed by atoms with Gasteiger partial charge >= 0.3 is 5.97 Å². The zero-order valence-corrected chi connectivity index (χ0v) is 14.2. The van der Waals surface area contributed by atoms with Crippen molar-refractivity contribution in [3.63, 3.8) is 0 Å². The number of halogens is 1. The van der Waals surface area contributed by atoms with E-state index in [0.29, 0.717) is 18.8 Å². The van der Waals surface area contributed by atoms with Crippen molar-refractivity contribution >= 4 is 11.8 Å². The van der Waals surface area contributed by atoms with Crippen LogP contribution in [0.15, 0.2) is 36.4 Å². The normalized spacial score (nSPS) is 11.5. The largest absolute Gasteiger partial charge is 1.00 e. The van der Waals surface area contributed by atoms with Crippen LogP contribution in [0.4, 0.5) is 5.82 Å². The summed E-state index contributed by atoms with van der Waals surface area (Å²) in [5, 5.41) is 13.5. The average molecular weight is 366 g/mol. The molecule has 2 rings (SSSR count). The third kappa shape index (κ3) is 4.27. The van der Waals surface area contributed by atoms with Crippen molar-refractivity contribution in [1.82, 2.24) is 5.10 Å². The molecule has 3 N–H and O–H groups in total. The predicted octanol–water partition coefficient (Wildman–Crippen LogP) is -0.958. The van der Waals surface area contributed by atoms with Crippen molar-refractivity contribution in [3.8, 4) is 11.3 Å². The molecule has 0 amide bonds. The SMILES string of the molecule is Cc1cc(-c2ccccc2)n[n+](CCC(C)C(=O)O)c1N.[Br-]. The highest BCUT2D eigenvalue weighted by Gasteiger charge is 2.17. The first-order valence-corrected chi connectivity index (χ1v) is 6.94. The number of carbonyl (C=O) groups is 1. The molecular formula is C16H20BrN3O2. The predicted molar refractivity (Wildman–Crippen MR) is 80.4 cm³/mol. The summed E-state index contributed by atoms with van der Waals surface area (Å²) < 4.78 is 1.69. The first-order valence-electron chi connectivity index (χ1n) is 6.94. The maximum Gasteiger partial charge on any atom is 0.306 e. The third-order valence-electron chi connectivity index (χ3n) is 3.53. The fraction of sp³-hybridized carbons (Fsp3) is 0.312. The van der Waals surface area contributed by atoms with E-state index in [1.807, 2.05) is 43.3 Å². The molecule has 0 aliphatic carbocycles. The highest BCUT2D eigenvalue weighted by atomic mass is 79.9. The first-order chi connectivity index (χ1) is 9.99. The van der Waals surface area contributed by atoms with Gasteiger partial charge < -0.3 is 22.1 Å². The van der Waals surface area contributed by atoms with E-state index in [0.717, 1.165) is 16.8 Å². The Bertz CT molecular complexity index is 647. The number of anilines is 1. The number of aliphatic carboxylic acids is 1. The van der Waals surface area contributed by atoms with Crippen LogP contribution in [0.3, 0.4) is 0 Å². The fourth-order valence-electron chi connectivity index (χ4n) is 2.06. The van der Waals surface area contributed by atoms with Gasteiger partial charge in [-0.25, -0.2) is 0 Å². The highest BCUT2D eigenvalue weighted by molar-refractivity contribution is 5.69. The van der Waals surface area contributed by atoms with Crippen molar-refractivity contribution in [2.45, 2.75) is 26.8 Å². The summed E-state index contributed by atoms with van der Waals surface area (Å²) >= 11 is 0. The van der Waals surface area contributed by atoms with Gasteiger partial charge in [0, 0.05) is 17.5 Å². The van der Waals surface area contributed by atoms with Crippen molar-refractivity contribution in [3.05, 3.63) is 42.0 Å². The Kier molecular flexibility index (Phi) is 6.49. The van der Waals surface area contributed by atoms with Crippen molar-refractivity contribution < 1.29 is 31.6 Å². The minimum Gasteiger partial charge on any atom is -1.00 e. The van der Waals surface area contributed by atoms with Crippen molar-refractivity contribution in [2.75, 3.05) is 5.73 Å². The van der Waals surface area contributed by atoms with Gasteiger partial charge in [0.05, 0.1) is 5.92 Å². The van der Waals surface area contributed by atoms with Gasteiger partial charge in [0.25, 0.3) is 5.82 Å². The Morgan fingerprint density at radius 2 is 2.00 bits per heavy atom. The number of nitrogens with two attached hydrogens (primary N) is 1. The van der Waals surface area contributed by atoms with Crippen molar-refractivity contribution in [1.29, 1.82) is 0 Å². The minimum absolute atomic E-state index is 0. The maximum atomic E-state index is 10.9. The molecule has 2 aromatic rings. The summed E-state index contributed by atoms with van der Waals surface area (Å²) in [6.07, 6.45) is 0.495. The number of aromatic nitrogens is 2. The quantitative estimate of drug-likeness (QED) is 0.669. The summed E-state index contributed by atoms with van der Waals surface area (Å²) in [5.41, 5.74) is 8.83. The van der Waals surface area contributed by atoms with E-state index in [-0.39, 0.29) is 17.0 Å². The Morgan fingerprint density at radius 1 is 1.36 bits per heavy atom. The van der Waals surface area contributed by atoms with Gasteiger partial charge in [-0.05, 0) is 13.0 Å². The van der Waals surface area contributed by atoms with Gasteiger partial charge in [0.1, 0.15) is 12.2 Å². The summed E-state index contributed by atoms with van der Waals surface area (Å²) in [5.74, 6) is -0.642. The Morgan fingerprint density at radius 3 is 2.59 bits per heavy atom. The number of hydrogen-bond acceptors (Lipinski definition) is 3. The molecule has 0 radical (unpaired) electrons. The van der Waals surface area contributed by atoms with Gasteiger partial charge in [-0.2, -0.15) is 0 Å². The molecule has 0 bridgehead atoms. The number of nitrogens with zero attached hydrogens (tertiary/aromatic N) is 2. The number of benzene rings is 1. The molecule has 0 spiro atoms. The van der Waals surface area contributed by atoms with Crippen LogP contribution in [0.2, 0.25) is 0 Å². The number of aryl methyl sites for hydroxylation is 2. The van der Waals surface area contributed by atoms with Gasteiger partial charge in [0.2, 0.25) is 0 Å². The summed E-state index contributed by atoms with van der Waals surface area (Å²) in [6, 6.07) is 11.8. The fourth-order valence-corrected chi connectivity index (χ4v) is 2.06. The second-order valence-corrected chi connectivity index (χ2v) is 5.21. The first kappa shape index (κ1) is 18.1. The number of hydrogen-bond donors (Lipinski definition) is 2. The van der Waals surface area contributed by atoms with Crippen LogP contribution in [-0.2, 0) is 11.3 Å². The van der Waals surface area contributed by atoms with E-state index in [1.165, 1.54) is 0 Å². The maximum absolute atomic E-state index is 10.9. The van der Waals surface area contributed by atoms with E-state index < -0.39 is 11.9 Å². The van der Waals surface area contributed by atoms with Crippen LogP contribution >= 0.6 is 0 Å². The number of carboxylic acid groups (broad SMARTS) is 1. The Balaban J connectivity index is 0.00000242. The molecular weight excluding hydrogens is 346 g/mol. The molecule has 1 aromatic heterocycles. The zero-order valence-electron chi connectivity index (χ0n) is 12.7. The lowest BCUT2D eigenvalue weighted by Gasteiger charge is -2.09. The van der Waals surface area contributed by atoms with E-state index in [4.69, 9.17) is 10.8 Å². The van der Waals surface area contributed by atoms with Gasteiger partial charge in [-0.15, -0.1) is 4.68 Å². The lowest BCUT2D eigenvalue weighted by Crippen LogP contribution is -3.00. The monoisotopic (exact) mass is 365 g/mol. The average Bonchev–Trinajstić information content (AvgIpc) is 2.49. The smallest absolute Gasteiger partial charge is 0.306 e. The van der Waals surface area contributed by atoms with E-state index in [9.17, 15) is 4.79 Å². The van der Waals surface area contributed by atoms with Crippen LogP contribution in [-0.4, -0.2) is 16.2 Å². The topological polar surface area (TPSA) is 80.1 Å². The van der Waals surface area contributed by atoms with E-state index >= 15 is 0 Å². The minimum atomic E-state index is -0.801. The number of rotatable bonds is 5. The van der Waals surface area contributed by atoms with Crippen LogP contribution < -0.4 is 27.4 Å². The van der Waals surface area contributed by atoms with Crippen LogP contribution in [0, 0.1) is 12.8 Å².